The molecule has 0 unspecified atom stereocenters. The number of nitrogens with one attached hydrogen (secondary N) is 1. The van der Waals surface area contributed by atoms with Gasteiger partial charge in [-0.05, 0) is 55.5 Å². The summed E-state index contributed by atoms with van der Waals surface area (Å²) < 4.78 is 30.6. The van der Waals surface area contributed by atoms with Gasteiger partial charge in [-0.2, -0.15) is 0 Å². The van der Waals surface area contributed by atoms with Gasteiger partial charge in [0.25, 0.3) is 0 Å². The number of allylic oxidation sites excluding steroid dienone is 3. The van der Waals surface area contributed by atoms with E-state index in [2.05, 4.69) is 5.32 Å². The average molecular weight is 492 g/mol. The Morgan fingerprint density at radius 2 is 1.92 bits per heavy atom. The predicted octanol–water partition coefficient (Wildman–Crippen LogP) is 4.92. The molecular weight excluding hydrogens is 461 g/mol. The first-order valence-electron chi connectivity index (χ1n) is 12.4. The van der Waals surface area contributed by atoms with Gasteiger partial charge in [0, 0.05) is 41.8 Å². The lowest BCUT2D eigenvalue weighted by Gasteiger charge is -2.37. The minimum absolute atomic E-state index is 0.0501. The summed E-state index contributed by atoms with van der Waals surface area (Å²) in [4.78, 5) is 27.1. The smallest absolute Gasteiger partial charge is 0.336 e. The first-order chi connectivity index (χ1) is 17.5. The van der Waals surface area contributed by atoms with E-state index < -0.39 is 11.9 Å². The van der Waals surface area contributed by atoms with Crippen molar-refractivity contribution in [3.8, 4) is 5.75 Å². The van der Waals surface area contributed by atoms with Crippen LogP contribution in [0.3, 0.4) is 0 Å². The molecule has 2 heterocycles. The number of ether oxygens (including phenoxy) is 3. The second-order valence-electron chi connectivity index (χ2n) is 9.54. The number of para-hydroxylation sites is 1. The highest BCUT2D eigenvalue weighted by molar-refractivity contribution is 6.04. The lowest BCUT2D eigenvalue weighted by atomic mass is 9.71. The fraction of sp³-hybridized carbons (Fsp3) is 0.379. The van der Waals surface area contributed by atoms with Crippen molar-refractivity contribution in [2.24, 2.45) is 0 Å². The number of hydrogen-bond acceptors (Lipinski definition) is 6. The van der Waals surface area contributed by atoms with E-state index in [1.807, 2.05) is 31.2 Å². The Balaban J connectivity index is 1.50. The number of carbonyl (C=O) groups excluding carboxylic acids is 2. The van der Waals surface area contributed by atoms with Crippen LogP contribution in [0.25, 0.3) is 0 Å². The average Bonchev–Trinajstić information content (AvgIpc) is 3.40. The molecule has 6 nitrogen and oxygen atoms in total. The summed E-state index contributed by atoms with van der Waals surface area (Å²) in [6, 6.07) is 13.7. The van der Waals surface area contributed by atoms with E-state index in [4.69, 9.17) is 14.2 Å². The maximum absolute atomic E-state index is 13.8. The first kappa shape index (κ1) is 24.3. The van der Waals surface area contributed by atoms with Crippen molar-refractivity contribution in [1.82, 2.24) is 5.32 Å². The lowest BCUT2D eigenvalue weighted by molar-refractivity contribution is -0.142. The van der Waals surface area contributed by atoms with E-state index in [0.717, 1.165) is 29.9 Å². The predicted molar refractivity (Wildman–Crippen MR) is 132 cm³/mol. The Bertz CT molecular complexity index is 1230. The zero-order valence-corrected chi connectivity index (χ0v) is 20.5. The minimum Gasteiger partial charge on any atom is -0.496 e. The minimum atomic E-state index is -0.634. The maximum Gasteiger partial charge on any atom is 0.336 e. The van der Waals surface area contributed by atoms with E-state index in [9.17, 15) is 14.0 Å². The fourth-order valence-electron chi connectivity index (χ4n) is 5.54. The number of methoxy groups -OCH3 is 1. The normalized spacial score (nSPS) is 23.9. The number of halogens is 1. The second kappa shape index (κ2) is 10.3. The van der Waals surface area contributed by atoms with E-state index in [0.29, 0.717) is 35.4 Å². The van der Waals surface area contributed by atoms with Gasteiger partial charge >= 0.3 is 5.97 Å². The summed E-state index contributed by atoms with van der Waals surface area (Å²) in [6.07, 6.45) is 2.57. The molecule has 1 saturated heterocycles. The number of rotatable bonds is 6. The molecule has 2 aromatic carbocycles. The standard InChI is InChI=1S/C29H30FNO5/c1-17-26(29(33)36-16-21-6-5-13-35-21)27(18-9-11-20(30)12-10-18)28-23(31-17)14-19(15-24(28)32)22-7-3-4-8-25(22)34-2/h3-4,7-12,19,21,27,31H,5-6,13-16H2,1-2H3/t19-,21+,27+/m0/s1. The van der Waals surface area contributed by atoms with Gasteiger partial charge in [-0.15, -0.1) is 0 Å². The number of dihydropyridines is 1. The van der Waals surface area contributed by atoms with Crippen LogP contribution in [0.2, 0.25) is 0 Å². The topological polar surface area (TPSA) is 73.9 Å². The van der Waals surface area contributed by atoms with Crippen molar-refractivity contribution < 1.29 is 28.2 Å². The summed E-state index contributed by atoms with van der Waals surface area (Å²) >= 11 is 0. The number of hydrogen-bond donors (Lipinski definition) is 1. The van der Waals surface area contributed by atoms with Gasteiger partial charge in [-0.3, -0.25) is 4.79 Å². The Labute approximate surface area is 210 Å². The molecule has 0 bridgehead atoms. The summed E-state index contributed by atoms with van der Waals surface area (Å²) in [5.41, 5.74) is 3.99. The number of esters is 1. The van der Waals surface area contributed by atoms with Crippen molar-refractivity contribution in [3.63, 3.8) is 0 Å². The molecule has 7 heteroatoms. The van der Waals surface area contributed by atoms with Crippen LogP contribution in [-0.4, -0.2) is 38.2 Å². The first-order valence-corrected chi connectivity index (χ1v) is 12.4. The van der Waals surface area contributed by atoms with Crippen LogP contribution in [0.4, 0.5) is 4.39 Å². The molecule has 0 aromatic heterocycles. The third-order valence-electron chi connectivity index (χ3n) is 7.25. The summed E-state index contributed by atoms with van der Waals surface area (Å²) in [5.74, 6) is -0.867. The summed E-state index contributed by atoms with van der Waals surface area (Å²) in [7, 11) is 1.62. The van der Waals surface area contributed by atoms with Crippen LogP contribution in [0, 0.1) is 5.82 Å². The van der Waals surface area contributed by atoms with E-state index in [1.54, 1.807) is 19.2 Å². The van der Waals surface area contributed by atoms with E-state index >= 15 is 0 Å². The molecule has 2 aromatic rings. The monoisotopic (exact) mass is 491 g/mol. The van der Waals surface area contributed by atoms with Gasteiger partial charge in [0.1, 0.15) is 18.2 Å². The van der Waals surface area contributed by atoms with Gasteiger partial charge in [-0.1, -0.05) is 30.3 Å². The van der Waals surface area contributed by atoms with Crippen LogP contribution >= 0.6 is 0 Å². The molecule has 36 heavy (non-hydrogen) atoms. The molecule has 2 aliphatic heterocycles. The highest BCUT2D eigenvalue weighted by Gasteiger charge is 2.42. The highest BCUT2D eigenvalue weighted by Crippen LogP contribution is 2.46. The van der Waals surface area contributed by atoms with Gasteiger partial charge in [0.2, 0.25) is 0 Å². The number of benzene rings is 2. The zero-order valence-electron chi connectivity index (χ0n) is 20.5. The Hall–Kier alpha value is -3.45. The molecule has 3 atom stereocenters. The molecule has 1 fully saturated rings. The third-order valence-corrected chi connectivity index (χ3v) is 7.25. The number of carbonyl (C=O) groups is 2. The molecule has 188 valence electrons. The molecule has 0 saturated carbocycles. The third kappa shape index (κ3) is 4.67. The van der Waals surface area contributed by atoms with Crippen molar-refractivity contribution in [1.29, 1.82) is 0 Å². The Morgan fingerprint density at radius 3 is 2.64 bits per heavy atom. The van der Waals surface area contributed by atoms with Gasteiger partial charge in [-0.25, -0.2) is 9.18 Å². The van der Waals surface area contributed by atoms with E-state index in [-0.39, 0.29) is 36.7 Å². The fourth-order valence-corrected chi connectivity index (χ4v) is 5.54. The molecule has 1 N–H and O–H groups in total. The van der Waals surface area contributed by atoms with Crippen LogP contribution in [0.1, 0.15) is 55.6 Å². The van der Waals surface area contributed by atoms with Crippen LogP contribution in [0.15, 0.2) is 71.1 Å². The van der Waals surface area contributed by atoms with E-state index in [1.165, 1.54) is 12.1 Å². The van der Waals surface area contributed by atoms with Crippen molar-refractivity contribution in [3.05, 3.63) is 88.0 Å². The number of ketones is 1. The Kier molecular flexibility index (Phi) is 6.92. The summed E-state index contributed by atoms with van der Waals surface area (Å²) in [5, 5.41) is 3.35. The molecule has 0 amide bonds. The van der Waals surface area contributed by atoms with Crippen molar-refractivity contribution in [2.75, 3.05) is 20.3 Å². The molecule has 0 spiro atoms. The molecular formula is C29H30FNO5. The van der Waals surface area contributed by atoms with Crippen molar-refractivity contribution >= 4 is 11.8 Å². The largest absolute Gasteiger partial charge is 0.496 e. The molecule has 0 radical (unpaired) electrons. The van der Waals surface area contributed by atoms with Gasteiger partial charge in [0.15, 0.2) is 5.78 Å². The SMILES string of the molecule is COc1ccccc1[C@@H]1CC(=O)C2=C(C1)NC(C)=C(C(=O)OC[C@H]1CCCO1)[C@H]2c1ccc(F)cc1. The van der Waals surface area contributed by atoms with Crippen molar-refractivity contribution in [2.45, 2.75) is 50.5 Å². The molecule has 1 aliphatic carbocycles. The summed E-state index contributed by atoms with van der Waals surface area (Å²) in [6.45, 7) is 2.66. The zero-order chi connectivity index (χ0) is 25.2. The lowest BCUT2D eigenvalue weighted by Crippen LogP contribution is -2.36. The molecule has 3 aliphatic rings. The maximum atomic E-state index is 13.8. The quantitative estimate of drug-likeness (QED) is 0.579. The van der Waals surface area contributed by atoms with Crippen LogP contribution in [-0.2, 0) is 19.1 Å². The number of Topliss-reactive ketones (excluding diaryl/α,β-unsaturated/α-hetero) is 1. The van der Waals surface area contributed by atoms with Gasteiger partial charge < -0.3 is 19.5 Å². The van der Waals surface area contributed by atoms with Crippen LogP contribution in [0.5, 0.6) is 5.75 Å². The Morgan fingerprint density at radius 1 is 1.14 bits per heavy atom. The second-order valence-corrected chi connectivity index (χ2v) is 9.54. The van der Waals surface area contributed by atoms with Crippen LogP contribution < -0.4 is 10.1 Å². The van der Waals surface area contributed by atoms with Gasteiger partial charge in [0.05, 0.1) is 18.8 Å². The molecule has 5 rings (SSSR count). The highest BCUT2D eigenvalue weighted by atomic mass is 19.1.